The molecule has 0 spiro atoms. The van der Waals surface area contributed by atoms with Crippen LogP contribution in [0.2, 0.25) is 0 Å². The molecule has 23 heteroatoms. The number of carbonyl (C=O) groups excluding carboxylic acids is 4. The minimum Gasteiger partial charge on any atom is -0.459 e. The first-order chi connectivity index (χ1) is 35.6. The van der Waals surface area contributed by atoms with Gasteiger partial charge in [-0.3, -0.25) is 29.9 Å². The highest BCUT2D eigenvalue weighted by Gasteiger charge is 2.55. The van der Waals surface area contributed by atoms with Gasteiger partial charge in [-0.2, -0.15) is 0 Å². The second-order valence-corrected chi connectivity index (χ2v) is 21.7. The number of esters is 1. The lowest BCUT2D eigenvalue weighted by atomic mass is 9.74. The zero-order valence-electron chi connectivity index (χ0n) is 45.9. The van der Waals surface area contributed by atoms with Gasteiger partial charge in [0.05, 0.1) is 58.0 Å². The Morgan fingerprint density at radius 2 is 1.55 bits per heavy atom. The summed E-state index contributed by atoms with van der Waals surface area (Å²) in [4.78, 5) is 75.7. The van der Waals surface area contributed by atoms with E-state index in [-0.39, 0.29) is 48.4 Å². The largest absolute Gasteiger partial charge is 0.459 e. The number of likely N-dealkylation sites (N-methyl/N-ethyl adjacent to an activating group) is 1. The third-order valence-electron chi connectivity index (χ3n) is 15.8. The Bertz CT molecular complexity index is 2530. The molecule has 2 amide bonds. The Labute approximate surface area is 443 Å². The number of nitro groups is 1. The van der Waals surface area contributed by atoms with E-state index in [1.807, 2.05) is 25.9 Å². The van der Waals surface area contributed by atoms with Crippen molar-refractivity contribution < 1.29 is 77.3 Å². The van der Waals surface area contributed by atoms with Crippen molar-refractivity contribution in [3.05, 3.63) is 58.1 Å². The number of amides is 2. The van der Waals surface area contributed by atoms with Gasteiger partial charge in [0.1, 0.15) is 35.0 Å². The number of hydrazine groups is 1. The first kappa shape index (κ1) is 60.0. The number of non-ortho nitro benzene ring substituents is 1. The van der Waals surface area contributed by atoms with Gasteiger partial charge in [-0.25, -0.2) is 15.2 Å². The van der Waals surface area contributed by atoms with Crippen LogP contribution in [-0.4, -0.2) is 171 Å². The summed E-state index contributed by atoms with van der Waals surface area (Å²) in [5, 5.41) is 46.4. The number of cyclic esters (lactones) is 1. The van der Waals surface area contributed by atoms with Crippen molar-refractivity contribution >= 4 is 40.5 Å². The third kappa shape index (κ3) is 12.9. The zero-order chi connectivity index (χ0) is 56.4. The van der Waals surface area contributed by atoms with Crippen molar-refractivity contribution in [1.29, 1.82) is 0 Å². The molecule has 3 fully saturated rings. The maximum absolute atomic E-state index is 14.6. The molecule has 3 aromatic rings. The number of ketones is 1. The van der Waals surface area contributed by atoms with Crippen molar-refractivity contribution in [3.8, 4) is 11.4 Å². The predicted molar refractivity (Wildman–Crippen MR) is 274 cm³/mol. The summed E-state index contributed by atoms with van der Waals surface area (Å²) in [6, 6.07) is 10.1. The van der Waals surface area contributed by atoms with Crippen LogP contribution in [0.5, 0.6) is 0 Å². The number of imidazole rings is 1. The number of Topliss-reactive ketones (excluding diaryl/α,β-unsaturated/α-hetero) is 1. The van der Waals surface area contributed by atoms with Crippen LogP contribution in [0.1, 0.15) is 105 Å². The first-order valence-corrected chi connectivity index (χ1v) is 25.8. The second-order valence-electron chi connectivity index (χ2n) is 21.7. The topological polar surface area (TPSA) is 302 Å². The number of nitrogens with zero attached hydrogens (tertiary/aromatic N) is 3. The SMILES string of the molecule is CC[C@H]1OC(=O)[C@H](C)[C@@H](O[C@H]2C[C@@](C)(OC)[C@@H](OC(=O)NNC(=O)c3ccc4nc(-c5ccc([N+](=O)[O-])cc5)[nH]c4c3)[C@H](C)O2)[C@H](C)[C@@H](O[C@@H]2O[C@H](C)C[C@H](N(C)C)[C@H]2O)[C@](C)(OC)C[C@@H](C)C(=O)[C@H](C)[C@@H](O)[C@]1(C)O. The first-order valence-electron chi connectivity index (χ1n) is 25.8. The molecule has 0 aliphatic carbocycles. The molecule has 18 atom stereocenters. The summed E-state index contributed by atoms with van der Waals surface area (Å²) in [5.74, 6) is -5.30. The number of methoxy groups -OCH3 is 2. The molecule has 2 aromatic carbocycles. The summed E-state index contributed by atoms with van der Waals surface area (Å²) in [6.45, 7) is 16.6. The Morgan fingerprint density at radius 3 is 2.16 bits per heavy atom. The number of hydrogen-bond donors (Lipinski definition) is 6. The molecule has 6 rings (SSSR count). The highest BCUT2D eigenvalue weighted by Crippen LogP contribution is 2.42. The maximum atomic E-state index is 14.6. The van der Waals surface area contributed by atoms with E-state index in [0.717, 1.165) is 0 Å². The van der Waals surface area contributed by atoms with Gasteiger partial charge in [0, 0.05) is 67.7 Å². The summed E-state index contributed by atoms with van der Waals surface area (Å²) >= 11 is 0. The van der Waals surface area contributed by atoms with Gasteiger partial charge in [0.2, 0.25) is 0 Å². The molecule has 0 bridgehead atoms. The molecule has 3 aliphatic heterocycles. The minimum absolute atomic E-state index is 0.0292. The van der Waals surface area contributed by atoms with Gasteiger partial charge in [-0.1, -0.05) is 27.7 Å². The number of aliphatic hydroxyl groups is 3. The summed E-state index contributed by atoms with van der Waals surface area (Å²) in [7, 11) is 6.59. The third-order valence-corrected chi connectivity index (χ3v) is 15.8. The van der Waals surface area contributed by atoms with Crippen LogP contribution in [0.3, 0.4) is 0 Å². The predicted octanol–water partition coefficient (Wildman–Crippen LogP) is 4.97. The molecular weight excluding hydrogens is 993 g/mol. The number of nitro benzene ring substituents is 1. The molecule has 1 aromatic heterocycles. The number of aromatic nitrogens is 2. The second kappa shape index (κ2) is 24.2. The maximum Gasteiger partial charge on any atom is 0.426 e. The Balaban J connectivity index is 1.25. The minimum atomic E-state index is -2.05. The van der Waals surface area contributed by atoms with Crippen molar-refractivity contribution in [2.24, 2.45) is 23.7 Å². The van der Waals surface area contributed by atoms with Crippen molar-refractivity contribution in [3.63, 3.8) is 0 Å². The monoisotopic (exact) mass is 1070 g/mol. The van der Waals surface area contributed by atoms with Gasteiger partial charge >= 0.3 is 12.1 Å². The van der Waals surface area contributed by atoms with Crippen molar-refractivity contribution in [1.82, 2.24) is 25.7 Å². The Morgan fingerprint density at radius 1 is 0.908 bits per heavy atom. The summed E-state index contributed by atoms with van der Waals surface area (Å²) < 4.78 is 50.8. The van der Waals surface area contributed by atoms with Crippen LogP contribution < -0.4 is 10.9 Å². The lowest BCUT2D eigenvalue weighted by Gasteiger charge is -2.50. The van der Waals surface area contributed by atoms with E-state index in [1.54, 1.807) is 66.7 Å². The van der Waals surface area contributed by atoms with Crippen molar-refractivity contribution in [2.75, 3.05) is 28.3 Å². The highest BCUT2D eigenvalue weighted by molar-refractivity contribution is 5.98. The molecule has 0 unspecified atom stereocenters. The van der Waals surface area contributed by atoms with Crippen molar-refractivity contribution in [2.45, 2.75) is 179 Å². The number of hydrogen-bond acceptors (Lipinski definition) is 19. The van der Waals surface area contributed by atoms with Crippen LogP contribution in [0.15, 0.2) is 42.5 Å². The Kier molecular flexibility index (Phi) is 19.1. The van der Waals surface area contributed by atoms with Crippen LogP contribution in [0.4, 0.5) is 10.5 Å². The average molecular weight is 1070 g/mol. The Hall–Kier alpha value is -5.21. The molecule has 0 radical (unpaired) electrons. The molecule has 422 valence electrons. The lowest BCUT2D eigenvalue weighted by molar-refractivity contribution is -0.384. The molecule has 3 aliphatic rings. The molecule has 4 heterocycles. The lowest BCUT2D eigenvalue weighted by Crippen LogP contribution is -2.62. The number of benzene rings is 2. The number of rotatable bonds is 12. The zero-order valence-corrected chi connectivity index (χ0v) is 45.9. The van der Waals surface area contributed by atoms with Gasteiger partial charge in [-0.15, -0.1) is 0 Å². The van der Waals surface area contributed by atoms with Crippen LogP contribution in [0, 0.1) is 33.8 Å². The quantitative estimate of drug-likeness (QED) is 0.0792. The van der Waals surface area contributed by atoms with E-state index < -0.39 is 119 Å². The fraction of sp³-hybridized carbons (Fsp3) is 0.679. The van der Waals surface area contributed by atoms with Gasteiger partial charge < -0.3 is 63.1 Å². The fourth-order valence-corrected chi connectivity index (χ4v) is 11.1. The number of aromatic amines is 1. The fourth-order valence-electron chi connectivity index (χ4n) is 11.1. The van der Waals surface area contributed by atoms with Gasteiger partial charge in [0.15, 0.2) is 18.7 Å². The van der Waals surface area contributed by atoms with E-state index in [9.17, 15) is 44.6 Å². The number of H-pyrrole nitrogens is 1. The van der Waals surface area contributed by atoms with Crippen LogP contribution >= 0.6 is 0 Å². The van der Waals surface area contributed by atoms with E-state index in [4.69, 9.17) is 37.9 Å². The van der Waals surface area contributed by atoms with Crippen LogP contribution in [-0.2, 0) is 47.5 Å². The molecule has 3 saturated heterocycles. The average Bonchev–Trinajstić information content (AvgIpc) is 3.82. The van der Waals surface area contributed by atoms with E-state index in [0.29, 0.717) is 28.8 Å². The molecular formula is C53H78N6O17. The number of carbonyl (C=O) groups is 4. The summed E-state index contributed by atoms with van der Waals surface area (Å²) in [6.07, 6.45) is -11.5. The molecule has 76 heavy (non-hydrogen) atoms. The van der Waals surface area contributed by atoms with E-state index >= 15 is 0 Å². The highest BCUT2D eigenvalue weighted by atomic mass is 16.7. The van der Waals surface area contributed by atoms with Crippen LogP contribution in [0.25, 0.3) is 22.4 Å². The number of aliphatic hydroxyl groups excluding tert-OH is 2. The number of nitrogens with one attached hydrogen (secondary N) is 3. The summed E-state index contributed by atoms with van der Waals surface area (Å²) in [5.41, 5.74) is 1.60. The number of fused-ring (bicyclic) bond motifs is 1. The van der Waals surface area contributed by atoms with Gasteiger partial charge in [-0.05, 0) is 105 Å². The smallest absolute Gasteiger partial charge is 0.426 e. The standard InChI is InChI=1S/C53H78N6O17/c1-15-38-53(10,66)43(62)28(4)40(60)26(2)24-51(8,69-13)44(75-49-41(61)37(58(11)12)22-27(3)71-49)29(5)42(30(6)48(64)73-38)74-39-25-52(9,70-14)45(31(7)72-39)76-50(65)57-56-47(63)33-18-21-35-36(23-33)55-46(54-35)32-16-19-34(20-17-32)59(67)68/h16-21,23,26-31,37-39,41-45,49,61-62,66H,15,22,24-25H2,1-14H3,(H,54,55)(H,56,63)(H,57,65)/t26-,27-,28+,29+,30-,31+,37+,38-,39+,41-,42+,43-,44-,45+,49+,51-,52-,53-/m1/s1. The molecule has 6 N–H and O–H groups in total. The van der Waals surface area contributed by atoms with Gasteiger partial charge in [0.25, 0.3) is 11.6 Å². The van der Waals surface area contributed by atoms with E-state index in [1.165, 1.54) is 52.3 Å². The number of ether oxygens (including phenoxy) is 8. The molecule has 0 saturated carbocycles. The normalized spacial score (nSPS) is 37.0. The van der Waals surface area contributed by atoms with E-state index in [2.05, 4.69) is 20.8 Å². The molecule has 23 nitrogen and oxygen atoms in total.